The Labute approximate surface area is 143 Å². The molecule has 4 nitrogen and oxygen atoms in total. The summed E-state index contributed by atoms with van der Waals surface area (Å²) in [5, 5.41) is 1.98. The van der Waals surface area contributed by atoms with Gasteiger partial charge in [-0.05, 0) is 18.2 Å². The Bertz CT molecular complexity index is 695. The highest BCUT2D eigenvalue weighted by Crippen LogP contribution is 2.35. The molecule has 152 valence electrons. The lowest BCUT2D eigenvalue weighted by molar-refractivity contribution is -0.193. The van der Waals surface area contributed by atoms with Crippen LogP contribution in [-0.4, -0.2) is 29.8 Å². The van der Waals surface area contributed by atoms with Crippen LogP contribution in [0.5, 0.6) is 0 Å². The van der Waals surface area contributed by atoms with Crippen molar-refractivity contribution >= 4 is 23.2 Å². The van der Waals surface area contributed by atoms with Gasteiger partial charge in [0.2, 0.25) is 5.91 Å². The number of hydrogen-bond acceptors (Lipinski definition) is 3. The number of anilines is 1. The van der Waals surface area contributed by atoms with Crippen molar-refractivity contribution in [3.63, 3.8) is 0 Å². The van der Waals surface area contributed by atoms with E-state index >= 15 is 0 Å². The second-order valence-electron chi connectivity index (χ2n) is 4.52. The van der Waals surface area contributed by atoms with E-state index < -0.39 is 53.1 Å². The Morgan fingerprint density at radius 2 is 1.22 bits per heavy atom. The van der Waals surface area contributed by atoms with Crippen LogP contribution in [0.4, 0.5) is 49.6 Å². The average Bonchev–Trinajstić information content (AvgIpc) is 2.44. The fourth-order valence-corrected chi connectivity index (χ4v) is 1.31. The second-order valence-corrected chi connectivity index (χ2v) is 4.52. The molecular weight excluding hydrogens is 408 g/mol. The van der Waals surface area contributed by atoms with E-state index in [0.717, 1.165) is 19.1 Å². The minimum Gasteiger partial charge on any atom is -0.326 e. The average molecular weight is 415 g/mol. The first-order valence-electron chi connectivity index (χ1n) is 6.24. The van der Waals surface area contributed by atoms with E-state index in [1.807, 2.05) is 5.32 Å². The van der Waals surface area contributed by atoms with E-state index in [1.165, 1.54) is 0 Å². The molecule has 0 heterocycles. The number of benzene rings is 1. The third-order valence-corrected chi connectivity index (χ3v) is 2.32. The summed E-state index contributed by atoms with van der Waals surface area (Å²) in [6, 6.07) is 2.06. The zero-order chi connectivity index (χ0) is 21.8. The van der Waals surface area contributed by atoms with Crippen LogP contribution in [0.15, 0.2) is 18.2 Å². The van der Waals surface area contributed by atoms with Crippen LogP contribution in [-0.2, 0) is 20.6 Å². The van der Waals surface area contributed by atoms with Gasteiger partial charge in [-0.1, -0.05) is 0 Å². The third-order valence-electron chi connectivity index (χ3n) is 2.32. The van der Waals surface area contributed by atoms with Gasteiger partial charge in [0.25, 0.3) is 0 Å². The standard InChI is InChI=1S/C9H7F4NO.C4F6O2/c1-5(15)14-8-3-2-6(10)4-7(8)9(11,12)13;5-3(6,7)1(11)2(12)4(8,9)10/h2-4H,1H3,(H,14,15);. The number of rotatable bonds is 2. The van der Waals surface area contributed by atoms with Crippen LogP contribution in [0.1, 0.15) is 12.5 Å². The van der Waals surface area contributed by atoms with E-state index in [9.17, 15) is 58.3 Å². The van der Waals surface area contributed by atoms with Crippen molar-refractivity contribution in [2.45, 2.75) is 25.5 Å². The fraction of sp³-hybridized carbons (Fsp3) is 0.308. The molecule has 0 saturated carbocycles. The molecule has 0 aromatic heterocycles. The Balaban J connectivity index is 0.000000516. The van der Waals surface area contributed by atoms with E-state index in [2.05, 4.69) is 0 Å². The molecule has 0 unspecified atom stereocenters. The van der Waals surface area contributed by atoms with Gasteiger partial charge < -0.3 is 5.32 Å². The van der Waals surface area contributed by atoms with Gasteiger partial charge in [0.15, 0.2) is 0 Å². The normalized spacial score (nSPS) is 12.0. The topological polar surface area (TPSA) is 63.2 Å². The zero-order valence-corrected chi connectivity index (χ0v) is 12.7. The molecule has 1 rings (SSSR count). The molecule has 0 bridgehead atoms. The smallest absolute Gasteiger partial charge is 0.326 e. The first-order chi connectivity index (χ1) is 11.9. The van der Waals surface area contributed by atoms with Gasteiger partial charge in [0, 0.05) is 6.92 Å². The lowest BCUT2D eigenvalue weighted by Crippen LogP contribution is -2.39. The SMILES string of the molecule is CC(=O)Nc1ccc(F)cc1C(F)(F)F.O=C(C(=O)C(F)(F)F)C(F)(F)F. The molecule has 0 radical (unpaired) electrons. The quantitative estimate of drug-likeness (QED) is 0.586. The van der Waals surface area contributed by atoms with Gasteiger partial charge in [0.1, 0.15) is 5.82 Å². The van der Waals surface area contributed by atoms with E-state index in [4.69, 9.17) is 0 Å². The number of hydrogen-bond donors (Lipinski definition) is 1. The molecule has 27 heavy (non-hydrogen) atoms. The number of alkyl halides is 9. The molecule has 0 atom stereocenters. The van der Waals surface area contributed by atoms with Crippen LogP contribution in [0.25, 0.3) is 0 Å². The van der Waals surface area contributed by atoms with Gasteiger partial charge >= 0.3 is 30.1 Å². The highest BCUT2D eigenvalue weighted by atomic mass is 19.4. The molecule has 0 fully saturated rings. The maximum absolute atomic E-state index is 12.6. The maximum atomic E-state index is 12.6. The Hall–Kier alpha value is -2.67. The number of Topliss-reactive ketones (excluding diaryl/α,β-unsaturated/α-hetero) is 2. The van der Waals surface area contributed by atoms with Gasteiger partial charge in [-0.25, -0.2) is 4.39 Å². The monoisotopic (exact) mass is 415 g/mol. The van der Waals surface area contributed by atoms with E-state index in [1.54, 1.807) is 0 Å². The second kappa shape index (κ2) is 8.35. The largest absolute Gasteiger partial charge is 0.458 e. The molecule has 0 saturated heterocycles. The van der Waals surface area contributed by atoms with Gasteiger partial charge in [-0.15, -0.1) is 0 Å². The predicted octanol–water partition coefficient (Wildman–Crippen LogP) is 4.05. The highest BCUT2D eigenvalue weighted by Gasteiger charge is 2.54. The lowest BCUT2D eigenvalue weighted by Gasteiger charge is -2.12. The summed E-state index contributed by atoms with van der Waals surface area (Å²) in [5.74, 6) is -8.46. The van der Waals surface area contributed by atoms with Crippen molar-refractivity contribution in [1.82, 2.24) is 0 Å². The third kappa shape index (κ3) is 8.04. The van der Waals surface area contributed by atoms with Crippen molar-refractivity contribution < 1.29 is 58.3 Å². The molecule has 14 heteroatoms. The zero-order valence-electron chi connectivity index (χ0n) is 12.7. The van der Waals surface area contributed by atoms with Crippen LogP contribution in [0.3, 0.4) is 0 Å². The van der Waals surface area contributed by atoms with Gasteiger partial charge in [-0.3, -0.25) is 14.4 Å². The van der Waals surface area contributed by atoms with Crippen molar-refractivity contribution in [1.29, 1.82) is 0 Å². The molecule has 0 aliphatic rings. The number of carbonyl (C=O) groups is 3. The molecule has 0 spiro atoms. The summed E-state index contributed by atoms with van der Waals surface area (Å²) in [7, 11) is 0. The van der Waals surface area contributed by atoms with Gasteiger partial charge in [0.05, 0.1) is 11.3 Å². The Morgan fingerprint density at radius 1 is 0.815 bits per heavy atom. The summed E-state index contributed by atoms with van der Waals surface area (Å²) in [6.07, 6.45) is -16.2. The van der Waals surface area contributed by atoms with Crippen molar-refractivity contribution in [2.75, 3.05) is 5.32 Å². The summed E-state index contributed by atoms with van der Waals surface area (Å²) in [5.41, 5.74) is -1.64. The van der Waals surface area contributed by atoms with Crippen LogP contribution in [0.2, 0.25) is 0 Å². The molecule has 0 aliphatic heterocycles. The lowest BCUT2D eigenvalue weighted by atomic mass is 10.1. The Morgan fingerprint density at radius 3 is 1.52 bits per heavy atom. The number of carbonyl (C=O) groups excluding carboxylic acids is 3. The first kappa shape index (κ1) is 24.3. The molecule has 1 amide bonds. The van der Waals surface area contributed by atoms with E-state index in [0.29, 0.717) is 6.07 Å². The summed E-state index contributed by atoms with van der Waals surface area (Å²) in [6.45, 7) is 1.07. The summed E-state index contributed by atoms with van der Waals surface area (Å²) >= 11 is 0. The van der Waals surface area contributed by atoms with E-state index in [-0.39, 0.29) is 0 Å². The Kier molecular flexibility index (Phi) is 7.52. The van der Waals surface area contributed by atoms with Crippen LogP contribution < -0.4 is 5.32 Å². The highest BCUT2D eigenvalue weighted by molar-refractivity contribution is 6.41. The molecule has 1 N–H and O–H groups in total. The first-order valence-corrected chi connectivity index (χ1v) is 6.24. The number of ketones is 2. The minimum absolute atomic E-state index is 0.339. The van der Waals surface area contributed by atoms with Crippen molar-refractivity contribution in [3.8, 4) is 0 Å². The van der Waals surface area contributed by atoms with Crippen LogP contribution in [0, 0.1) is 5.82 Å². The number of halogens is 10. The predicted molar refractivity (Wildman–Crippen MR) is 67.8 cm³/mol. The van der Waals surface area contributed by atoms with Crippen molar-refractivity contribution in [2.24, 2.45) is 0 Å². The fourth-order valence-electron chi connectivity index (χ4n) is 1.31. The minimum atomic E-state index is -5.77. The number of nitrogens with one attached hydrogen (secondary N) is 1. The van der Waals surface area contributed by atoms with Crippen molar-refractivity contribution in [3.05, 3.63) is 29.6 Å². The summed E-state index contributed by atoms with van der Waals surface area (Å²) in [4.78, 5) is 29.8. The maximum Gasteiger partial charge on any atom is 0.458 e. The molecular formula is C13H7F10NO3. The summed E-state index contributed by atoms with van der Waals surface area (Å²) < 4.78 is 117. The van der Waals surface area contributed by atoms with Crippen LogP contribution >= 0.6 is 0 Å². The molecule has 0 aliphatic carbocycles. The molecule has 1 aromatic carbocycles. The van der Waals surface area contributed by atoms with Gasteiger partial charge in [-0.2, -0.15) is 39.5 Å². The number of amides is 1. The molecule has 1 aromatic rings.